The van der Waals surface area contributed by atoms with Crippen LogP contribution in [0.3, 0.4) is 0 Å². The molecule has 0 atom stereocenters. The summed E-state index contributed by atoms with van der Waals surface area (Å²) in [6.45, 7) is 2.07. The quantitative estimate of drug-likeness (QED) is 0.591. The standard InChI is InChI=1S/C19H17FO/c1-2-3-4-19(21)17-11-7-15(8-12-17)5-6-16-9-13-18(20)14-10-16/h7-14H,2-4H2,1H3. The van der Waals surface area contributed by atoms with Crippen LogP contribution in [0.4, 0.5) is 4.39 Å². The van der Waals surface area contributed by atoms with Gasteiger partial charge in [0, 0.05) is 23.1 Å². The summed E-state index contributed by atoms with van der Waals surface area (Å²) in [6, 6.07) is 13.4. The van der Waals surface area contributed by atoms with Crippen molar-refractivity contribution in [3.05, 3.63) is 71.0 Å². The van der Waals surface area contributed by atoms with Crippen LogP contribution in [0.25, 0.3) is 0 Å². The van der Waals surface area contributed by atoms with Gasteiger partial charge in [0.05, 0.1) is 0 Å². The lowest BCUT2D eigenvalue weighted by Gasteiger charge is -1.99. The maximum Gasteiger partial charge on any atom is 0.162 e. The van der Waals surface area contributed by atoms with Crippen LogP contribution in [0.15, 0.2) is 48.5 Å². The summed E-state index contributed by atoms with van der Waals surface area (Å²) in [5, 5.41) is 0. The van der Waals surface area contributed by atoms with E-state index in [1.54, 1.807) is 12.1 Å². The summed E-state index contributed by atoms with van der Waals surface area (Å²) in [4.78, 5) is 11.9. The lowest BCUT2D eigenvalue weighted by atomic mass is 10.0. The summed E-state index contributed by atoms with van der Waals surface area (Å²) in [7, 11) is 0. The van der Waals surface area contributed by atoms with Crippen molar-refractivity contribution in [2.24, 2.45) is 0 Å². The molecule has 0 spiro atoms. The maximum atomic E-state index is 12.8. The Morgan fingerprint density at radius 2 is 1.48 bits per heavy atom. The zero-order valence-corrected chi connectivity index (χ0v) is 12.0. The van der Waals surface area contributed by atoms with Crippen LogP contribution in [0.5, 0.6) is 0 Å². The third-order valence-corrected chi connectivity index (χ3v) is 3.16. The average Bonchev–Trinajstić information content (AvgIpc) is 2.52. The van der Waals surface area contributed by atoms with E-state index in [1.165, 1.54) is 12.1 Å². The van der Waals surface area contributed by atoms with E-state index in [-0.39, 0.29) is 11.6 Å². The van der Waals surface area contributed by atoms with Crippen molar-refractivity contribution in [2.45, 2.75) is 26.2 Å². The van der Waals surface area contributed by atoms with Crippen LogP contribution >= 0.6 is 0 Å². The van der Waals surface area contributed by atoms with Gasteiger partial charge >= 0.3 is 0 Å². The van der Waals surface area contributed by atoms with E-state index < -0.39 is 0 Å². The molecular formula is C19H17FO. The topological polar surface area (TPSA) is 17.1 Å². The molecule has 2 aromatic rings. The molecule has 0 aliphatic rings. The van der Waals surface area contributed by atoms with Gasteiger partial charge in [-0.3, -0.25) is 4.79 Å². The van der Waals surface area contributed by atoms with Crippen molar-refractivity contribution < 1.29 is 9.18 Å². The van der Waals surface area contributed by atoms with Crippen molar-refractivity contribution in [1.82, 2.24) is 0 Å². The number of hydrogen-bond donors (Lipinski definition) is 0. The van der Waals surface area contributed by atoms with Gasteiger partial charge in [-0.2, -0.15) is 0 Å². The highest BCUT2D eigenvalue weighted by Gasteiger charge is 2.04. The van der Waals surface area contributed by atoms with E-state index in [4.69, 9.17) is 0 Å². The van der Waals surface area contributed by atoms with Crippen molar-refractivity contribution in [2.75, 3.05) is 0 Å². The number of benzene rings is 2. The second kappa shape index (κ2) is 7.40. The molecule has 0 saturated heterocycles. The number of unbranched alkanes of at least 4 members (excludes halogenated alkanes) is 1. The van der Waals surface area contributed by atoms with E-state index in [2.05, 4.69) is 18.8 Å². The molecule has 0 heterocycles. The number of halogens is 1. The molecule has 2 aromatic carbocycles. The van der Waals surface area contributed by atoms with Crippen molar-refractivity contribution in [1.29, 1.82) is 0 Å². The third-order valence-electron chi connectivity index (χ3n) is 3.16. The molecule has 0 bridgehead atoms. The minimum absolute atomic E-state index is 0.176. The Labute approximate surface area is 124 Å². The fraction of sp³-hybridized carbons (Fsp3) is 0.211. The number of carbonyl (C=O) groups is 1. The molecule has 21 heavy (non-hydrogen) atoms. The highest BCUT2D eigenvalue weighted by molar-refractivity contribution is 5.96. The summed E-state index contributed by atoms with van der Waals surface area (Å²) in [5.41, 5.74) is 2.33. The van der Waals surface area contributed by atoms with Crippen LogP contribution < -0.4 is 0 Å². The first-order valence-corrected chi connectivity index (χ1v) is 7.10. The molecule has 0 fully saturated rings. The number of carbonyl (C=O) groups excluding carboxylic acids is 1. The second-order valence-corrected chi connectivity index (χ2v) is 4.86. The predicted octanol–water partition coefficient (Wildman–Crippen LogP) is 4.60. The van der Waals surface area contributed by atoms with E-state index in [0.717, 1.165) is 29.5 Å². The monoisotopic (exact) mass is 280 g/mol. The second-order valence-electron chi connectivity index (χ2n) is 4.86. The van der Waals surface area contributed by atoms with Gasteiger partial charge in [-0.25, -0.2) is 4.39 Å². The lowest BCUT2D eigenvalue weighted by molar-refractivity contribution is 0.0980. The molecule has 2 heteroatoms. The maximum absolute atomic E-state index is 12.8. The molecule has 0 aliphatic carbocycles. The van der Waals surface area contributed by atoms with Gasteiger partial charge in [0.2, 0.25) is 0 Å². The molecule has 0 saturated carbocycles. The molecule has 0 aromatic heterocycles. The fourth-order valence-corrected chi connectivity index (χ4v) is 1.90. The molecule has 0 N–H and O–H groups in total. The fourth-order valence-electron chi connectivity index (χ4n) is 1.90. The Bertz CT molecular complexity index is 657. The molecule has 0 aliphatic heterocycles. The SMILES string of the molecule is CCCCC(=O)c1ccc(C#Cc2ccc(F)cc2)cc1. The third kappa shape index (κ3) is 4.57. The Morgan fingerprint density at radius 3 is 2.00 bits per heavy atom. The molecule has 1 nitrogen and oxygen atoms in total. The van der Waals surface area contributed by atoms with Crippen molar-refractivity contribution in [3.63, 3.8) is 0 Å². The molecule has 106 valence electrons. The Morgan fingerprint density at radius 1 is 0.952 bits per heavy atom. The summed E-state index contributed by atoms with van der Waals surface area (Å²) in [6.07, 6.45) is 2.54. The largest absolute Gasteiger partial charge is 0.294 e. The number of hydrogen-bond acceptors (Lipinski definition) is 1. The Hall–Kier alpha value is -2.40. The van der Waals surface area contributed by atoms with Gasteiger partial charge in [0.25, 0.3) is 0 Å². The predicted molar refractivity (Wildman–Crippen MR) is 82.7 cm³/mol. The highest BCUT2D eigenvalue weighted by Crippen LogP contribution is 2.09. The van der Waals surface area contributed by atoms with Gasteiger partial charge in [0.1, 0.15) is 5.82 Å². The minimum atomic E-state index is -0.268. The number of Topliss-reactive ketones (excluding diaryl/α,β-unsaturated/α-hetero) is 1. The van der Waals surface area contributed by atoms with Gasteiger partial charge in [-0.05, 0) is 42.8 Å². The Kier molecular flexibility index (Phi) is 5.29. The smallest absolute Gasteiger partial charge is 0.162 e. The van der Waals surface area contributed by atoms with Crippen LogP contribution in [-0.2, 0) is 0 Å². The first kappa shape index (κ1) is 15.0. The lowest BCUT2D eigenvalue weighted by Crippen LogP contribution is -1.98. The molecule has 0 radical (unpaired) electrons. The van der Waals surface area contributed by atoms with E-state index in [9.17, 15) is 9.18 Å². The van der Waals surface area contributed by atoms with Crippen LogP contribution in [0.1, 0.15) is 47.7 Å². The average molecular weight is 280 g/mol. The molecule has 0 unspecified atom stereocenters. The van der Waals surface area contributed by atoms with Crippen molar-refractivity contribution >= 4 is 5.78 Å². The number of rotatable bonds is 4. The van der Waals surface area contributed by atoms with E-state index in [1.807, 2.05) is 24.3 Å². The normalized spacial score (nSPS) is 9.81. The molecular weight excluding hydrogens is 263 g/mol. The first-order chi connectivity index (χ1) is 10.2. The number of ketones is 1. The van der Waals surface area contributed by atoms with Gasteiger partial charge < -0.3 is 0 Å². The zero-order chi connectivity index (χ0) is 15.1. The summed E-state index contributed by atoms with van der Waals surface area (Å²) in [5.74, 6) is 5.88. The van der Waals surface area contributed by atoms with E-state index >= 15 is 0 Å². The minimum Gasteiger partial charge on any atom is -0.294 e. The highest BCUT2D eigenvalue weighted by atomic mass is 19.1. The van der Waals surface area contributed by atoms with E-state index in [0.29, 0.717) is 6.42 Å². The summed E-state index contributed by atoms with van der Waals surface area (Å²) < 4.78 is 12.8. The summed E-state index contributed by atoms with van der Waals surface area (Å²) >= 11 is 0. The van der Waals surface area contributed by atoms with Gasteiger partial charge in [0.15, 0.2) is 5.78 Å². The zero-order valence-electron chi connectivity index (χ0n) is 12.0. The van der Waals surface area contributed by atoms with Crippen molar-refractivity contribution in [3.8, 4) is 11.8 Å². The van der Waals surface area contributed by atoms with Crippen LogP contribution in [0, 0.1) is 17.7 Å². The van der Waals surface area contributed by atoms with Crippen LogP contribution in [-0.4, -0.2) is 5.78 Å². The van der Waals surface area contributed by atoms with Crippen LogP contribution in [0.2, 0.25) is 0 Å². The molecule has 0 amide bonds. The van der Waals surface area contributed by atoms with Gasteiger partial charge in [-0.15, -0.1) is 0 Å². The molecule has 2 rings (SSSR count). The Balaban J connectivity index is 2.06. The van der Waals surface area contributed by atoms with Gasteiger partial charge in [-0.1, -0.05) is 37.3 Å². The first-order valence-electron chi connectivity index (χ1n) is 7.10.